The predicted molar refractivity (Wildman–Crippen MR) is 105 cm³/mol. The van der Waals surface area contributed by atoms with E-state index in [1.165, 1.54) is 5.56 Å². The van der Waals surface area contributed by atoms with Gasteiger partial charge in [0.15, 0.2) is 5.96 Å². The van der Waals surface area contributed by atoms with E-state index in [-0.39, 0.29) is 0 Å². The summed E-state index contributed by atoms with van der Waals surface area (Å²) in [5.41, 5.74) is 2.18. The third-order valence-electron chi connectivity index (χ3n) is 3.92. The number of ether oxygens (including phenoxy) is 1. The minimum Gasteiger partial charge on any atom is -0.493 e. The second kappa shape index (κ2) is 9.85. The number of rotatable bonds is 8. The molecular weight excluding hydrogens is 328 g/mol. The van der Waals surface area contributed by atoms with Gasteiger partial charge in [-0.25, -0.2) is 4.98 Å². The Morgan fingerprint density at radius 1 is 1.19 bits per heavy atom. The van der Waals surface area contributed by atoms with Crippen LogP contribution in [-0.4, -0.2) is 31.1 Å². The van der Waals surface area contributed by atoms with Gasteiger partial charge < -0.3 is 19.8 Å². The molecule has 0 saturated carbocycles. The van der Waals surface area contributed by atoms with Crippen molar-refractivity contribution in [3.05, 3.63) is 47.2 Å². The lowest BCUT2D eigenvalue weighted by molar-refractivity contribution is 0.271. The van der Waals surface area contributed by atoms with E-state index in [2.05, 4.69) is 46.6 Å². The molecule has 1 aromatic carbocycles. The van der Waals surface area contributed by atoms with Crippen LogP contribution >= 0.6 is 0 Å². The Balaban J connectivity index is 1.73. The first-order valence-electron chi connectivity index (χ1n) is 9.07. The van der Waals surface area contributed by atoms with Crippen molar-refractivity contribution in [1.29, 1.82) is 0 Å². The number of benzene rings is 1. The number of aliphatic imine (C=N–C) groups is 1. The molecule has 0 unspecified atom stereocenters. The second-order valence-corrected chi connectivity index (χ2v) is 6.70. The number of hydrogen-bond acceptors (Lipinski definition) is 4. The average molecular weight is 358 g/mol. The summed E-state index contributed by atoms with van der Waals surface area (Å²) in [7, 11) is 1.75. The highest BCUT2D eigenvalue weighted by Gasteiger charge is 2.06. The lowest BCUT2D eigenvalue weighted by Crippen LogP contribution is -2.37. The topological polar surface area (TPSA) is 71.7 Å². The number of aryl methyl sites for hydroxylation is 2. The molecule has 0 saturated heterocycles. The molecule has 6 heteroatoms. The van der Waals surface area contributed by atoms with Gasteiger partial charge in [0, 0.05) is 13.6 Å². The lowest BCUT2D eigenvalue weighted by Gasteiger charge is -2.11. The number of nitrogens with one attached hydrogen (secondary N) is 2. The number of oxazole rings is 1. The lowest BCUT2D eigenvalue weighted by atomic mass is 10.1. The van der Waals surface area contributed by atoms with Crippen molar-refractivity contribution in [2.45, 2.75) is 40.7 Å². The van der Waals surface area contributed by atoms with Gasteiger partial charge in [0.2, 0.25) is 5.89 Å². The molecule has 1 aromatic heterocycles. The van der Waals surface area contributed by atoms with E-state index in [0.717, 1.165) is 42.7 Å². The summed E-state index contributed by atoms with van der Waals surface area (Å²) in [6.45, 7) is 10.2. The molecule has 2 rings (SSSR count). The SMILES string of the molecule is CN=C(NCCc1ccc(OCC(C)C)cc1)NCc1nc(C)c(C)o1. The molecule has 0 atom stereocenters. The summed E-state index contributed by atoms with van der Waals surface area (Å²) in [6.07, 6.45) is 0.905. The van der Waals surface area contributed by atoms with Gasteiger partial charge in [0.05, 0.1) is 18.8 Å². The van der Waals surface area contributed by atoms with E-state index in [4.69, 9.17) is 9.15 Å². The van der Waals surface area contributed by atoms with Gasteiger partial charge in [-0.3, -0.25) is 4.99 Å². The first-order chi connectivity index (χ1) is 12.5. The normalized spacial score (nSPS) is 11.7. The van der Waals surface area contributed by atoms with Gasteiger partial charge in [0.1, 0.15) is 11.5 Å². The molecule has 0 fully saturated rings. The van der Waals surface area contributed by atoms with Crippen molar-refractivity contribution in [2.75, 3.05) is 20.2 Å². The number of aromatic nitrogens is 1. The molecule has 0 radical (unpaired) electrons. The van der Waals surface area contributed by atoms with Gasteiger partial charge in [0.25, 0.3) is 0 Å². The predicted octanol–water partition coefficient (Wildman–Crippen LogP) is 3.23. The highest BCUT2D eigenvalue weighted by molar-refractivity contribution is 5.79. The summed E-state index contributed by atoms with van der Waals surface area (Å²) in [6, 6.07) is 8.26. The van der Waals surface area contributed by atoms with Crippen LogP contribution in [0.3, 0.4) is 0 Å². The van der Waals surface area contributed by atoms with Gasteiger partial charge in [-0.2, -0.15) is 0 Å². The van der Waals surface area contributed by atoms with Crippen LogP contribution in [0, 0.1) is 19.8 Å². The Kier molecular flexibility index (Phi) is 7.51. The van der Waals surface area contributed by atoms with Gasteiger partial charge in [-0.05, 0) is 43.9 Å². The fourth-order valence-electron chi connectivity index (χ4n) is 2.34. The summed E-state index contributed by atoms with van der Waals surface area (Å²) < 4.78 is 11.3. The quantitative estimate of drug-likeness (QED) is 0.560. The molecule has 0 aliphatic carbocycles. The molecule has 142 valence electrons. The van der Waals surface area contributed by atoms with Gasteiger partial charge in [-0.1, -0.05) is 26.0 Å². The maximum absolute atomic E-state index is 5.71. The molecular formula is C20H30N4O2. The Labute approximate surface area is 156 Å². The Hall–Kier alpha value is -2.50. The third-order valence-corrected chi connectivity index (χ3v) is 3.92. The van der Waals surface area contributed by atoms with Crippen LogP contribution < -0.4 is 15.4 Å². The number of hydrogen-bond donors (Lipinski definition) is 2. The Morgan fingerprint density at radius 2 is 1.92 bits per heavy atom. The summed E-state index contributed by atoms with van der Waals surface area (Å²) in [4.78, 5) is 8.58. The highest BCUT2D eigenvalue weighted by Crippen LogP contribution is 2.13. The van der Waals surface area contributed by atoms with Gasteiger partial charge in [-0.15, -0.1) is 0 Å². The number of guanidine groups is 1. The van der Waals surface area contributed by atoms with Crippen molar-refractivity contribution >= 4 is 5.96 Å². The molecule has 0 aliphatic heterocycles. The minimum atomic E-state index is 0.510. The molecule has 6 nitrogen and oxygen atoms in total. The number of nitrogens with zero attached hydrogens (tertiary/aromatic N) is 2. The van der Waals surface area contributed by atoms with E-state index in [0.29, 0.717) is 18.4 Å². The second-order valence-electron chi connectivity index (χ2n) is 6.70. The average Bonchev–Trinajstić information content (AvgIpc) is 2.95. The van der Waals surface area contributed by atoms with E-state index < -0.39 is 0 Å². The Morgan fingerprint density at radius 3 is 2.50 bits per heavy atom. The van der Waals surface area contributed by atoms with Crippen LogP contribution in [0.2, 0.25) is 0 Å². The maximum atomic E-state index is 5.71. The van der Waals surface area contributed by atoms with Crippen molar-refractivity contribution < 1.29 is 9.15 Å². The van der Waals surface area contributed by atoms with Crippen LogP contribution in [-0.2, 0) is 13.0 Å². The molecule has 2 N–H and O–H groups in total. The molecule has 0 aliphatic rings. The standard InChI is InChI=1S/C20H30N4O2/c1-14(2)13-25-18-8-6-17(7-9-18)10-11-22-20(21-5)23-12-19-24-15(3)16(4)26-19/h6-9,14H,10-13H2,1-5H3,(H2,21,22,23). The molecule has 0 amide bonds. The van der Waals surface area contributed by atoms with Crippen LogP contribution in [0.1, 0.15) is 36.8 Å². The highest BCUT2D eigenvalue weighted by atomic mass is 16.5. The Bertz CT molecular complexity index is 686. The van der Waals surface area contributed by atoms with E-state index in [9.17, 15) is 0 Å². The van der Waals surface area contributed by atoms with Crippen LogP contribution in [0.25, 0.3) is 0 Å². The fraction of sp³-hybridized carbons (Fsp3) is 0.500. The van der Waals surface area contributed by atoms with Gasteiger partial charge >= 0.3 is 0 Å². The fourth-order valence-corrected chi connectivity index (χ4v) is 2.34. The molecule has 1 heterocycles. The van der Waals surface area contributed by atoms with E-state index in [1.54, 1.807) is 7.05 Å². The van der Waals surface area contributed by atoms with Crippen molar-refractivity contribution in [3.63, 3.8) is 0 Å². The summed E-state index contributed by atoms with van der Waals surface area (Å²) >= 11 is 0. The van der Waals surface area contributed by atoms with Crippen molar-refractivity contribution in [2.24, 2.45) is 10.9 Å². The molecule has 0 spiro atoms. The first-order valence-corrected chi connectivity index (χ1v) is 9.07. The summed E-state index contributed by atoms with van der Waals surface area (Å²) in [5.74, 6) is 3.70. The zero-order valence-corrected chi connectivity index (χ0v) is 16.4. The third kappa shape index (κ3) is 6.43. The molecule has 0 bridgehead atoms. The first kappa shape index (κ1) is 19.8. The summed E-state index contributed by atoms with van der Waals surface area (Å²) in [5, 5.41) is 6.51. The van der Waals surface area contributed by atoms with Crippen LogP contribution in [0.5, 0.6) is 5.75 Å². The van der Waals surface area contributed by atoms with Crippen molar-refractivity contribution in [3.8, 4) is 5.75 Å². The minimum absolute atomic E-state index is 0.510. The smallest absolute Gasteiger partial charge is 0.214 e. The van der Waals surface area contributed by atoms with E-state index in [1.807, 2.05) is 26.0 Å². The van der Waals surface area contributed by atoms with Crippen molar-refractivity contribution in [1.82, 2.24) is 15.6 Å². The zero-order valence-electron chi connectivity index (χ0n) is 16.4. The van der Waals surface area contributed by atoms with Crippen LogP contribution in [0.15, 0.2) is 33.7 Å². The molecule has 2 aromatic rings. The maximum Gasteiger partial charge on any atom is 0.214 e. The van der Waals surface area contributed by atoms with Crippen LogP contribution in [0.4, 0.5) is 0 Å². The zero-order chi connectivity index (χ0) is 18.9. The van der Waals surface area contributed by atoms with E-state index >= 15 is 0 Å². The monoisotopic (exact) mass is 358 g/mol. The molecule has 26 heavy (non-hydrogen) atoms. The largest absolute Gasteiger partial charge is 0.493 e.